The summed E-state index contributed by atoms with van der Waals surface area (Å²) in [6.45, 7) is 0. The Balaban J connectivity index is 2.37. The van der Waals surface area contributed by atoms with Crippen molar-refractivity contribution in [3.05, 3.63) is 58.4 Å². The quantitative estimate of drug-likeness (QED) is 0.717. The van der Waals surface area contributed by atoms with Crippen LogP contribution in [0.4, 0.5) is 4.39 Å². The molecule has 0 aromatic heterocycles. The molecule has 0 aliphatic heterocycles. The second-order valence-electron chi connectivity index (χ2n) is 4.15. The molecule has 0 saturated heterocycles. The molecule has 0 radical (unpaired) electrons. The van der Waals surface area contributed by atoms with E-state index in [2.05, 4.69) is 15.9 Å². The summed E-state index contributed by atoms with van der Waals surface area (Å²) in [7, 11) is 3.16. The fourth-order valence-electron chi connectivity index (χ4n) is 1.87. The van der Waals surface area contributed by atoms with Gasteiger partial charge in [0.15, 0.2) is 11.5 Å². The predicted molar refractivity (Wildman–Crippen MR) is 81.7 cm³/mol. The van der Waals surface area contributed by atoms with Gasteiger partial charge < -0.3 is 9.47 Å². The molecular weight excluding hydrogens is 347 g/mol. The zero-order chi connectivity index (χ0) is 14.7. The van der Waals surface area contributed by atoms with Gasteiger partial charge in [-0.05, 0) is 35.4 Å². The zero-order valence-corrected chi connectivity index (χ0v) is 13.3. The first kappa shape index (κ1) is 15.1. The molecule has 0 heterocycles. The van der Waals surface area contributed by atoms with Crippen LogP contribution in [0.2, 0.25) is 5.02 Å². The van der Waals surface area contributed by atoms with E-state index in [4.69, 9.17) is 21.1 Å². The standard InChI is InChI=1S/C15H13BrClFO2/c1-19-13-6-4-10(8-14(13)20-2)15(16)9-3-5-11(17)12(18)7-9/h3-8,15H,1-2H3. The second-order valence-corrected chi connectivity index (χ2v) is 5.47. The number of rotatable bonds is 4. The maximum absolute atomic E-state index is 13.5. The Hall–Kier alpha value is -1.26. The third kappa shape index (κ3) is 3.07. The monoisotopic (exact) mass is 358 g/mol. The van der Waals surface area contributed by atoms with E-state index < -0.39 is 5.82 Å². The van der Waals surface area contributed by atoms with Crippen LogP contribution in [-0.2, 0) is 0 Å². The van der Waals surface area contributed by atoms with Gasteiger partial charge in [0.05, 0.1) is 24.1 Å². The average Bonchev–Trinajstić information content (AvgIpc) is 2.48. The molecule has 1 atom stereocenters. The third-order valence-corrected chi connectivity index (χ3v) is 4.30. The van der Waals surface area contributed by atoms with Crippen LogP contribution in [0.1, 0.15) is 16.0 Å². The maximum atomic E-state index is 13.5. The third-order valence-electron chi connectivity index (χ3n) is 2.94. The number of methoxy groups -OCH3 is 2. The Morgan fingerprint density at radius 3 is 2.20 bits per heavy atom. The molecule has 0 saturated carbocycles. The molecule has 0 N–H and O–H groups in total. The maximum Gasteiger partial charge on any atom is 0.161 e. The van der Waals surface area contributed by atoms with E-state index in [9.17, 15) is 4.39 Å². The lowest BCUT2D eigenvalue weighted by molar-refractivity contribution is 0.354. The van der Waals surface area contributed by atoms with Crippen molar-refractivity contribution in [1.82, 2.24) is 0 Å². The first-order valence-corrected chi connectivity index (χ1v) is 7.17. The van der Waals surface area contributed by atoms with Crippen LogP contribution in [0.5, 0.6) is 11.5 Å². The van der Waals surface area contributed by atoms with Crippen molar-refractivity contribution >= 4 is 27.5 Å². The molecule has 1 unspecified atom stereocenters. The molecule has 0 spiro atoms. The lowest BCUT2D eigenvalue weighted by atomic mass is 10.0. The molecule has 2 nitrogen and oxygen atoms in total. The van der Waals surface area contributed by atoms with E-state index in [1.54, 1.807) is 26.4 Å². The minimum Gasteiger partial charge on any atom is -0.493 e. The molecular formula is C15H13BrClFO2. The summed E-state index contributed by atoms with van der Waals surface area (Å²) in [5.41, 5.74) is 1.71. The predicted octanol–water partition coefficient (Wildman–Crippen LogP) is 4.98. The summed E-state index contributed by atoms with van der Waals surface area (Å²) < 4.78 is 24.0. The highest BCUT2D eigenvalue weighted by Crippen LogP contribution is 2.37. The minimum absolute atomic E-state index is 0.112. The van der Waals surface area contributed by atoms with Crippen LogP contribution < -0.4 is 9.47 Å². The van der Waals surface area contributed by atoms with Gasteiger partial charge in [-0.15, -0.1) is 0 Å². The molecule has 106 valence electrons. The van der Waals surface area contributed by atoms with E-state index in [-0.39, 0.29) is 9.85 Å². The van der Waals surface area contributed by atoms with Crippen molar-refractivity contribution in [2.75, 3.05) is 14.2 Å². The van der Waals surface area contributed by atoms with Gasteiger partial charge in [0.2, 0.25) is 0 Å². The lowest BCUT2D eigenvalue weighted by Gasteiger charge is -2.14. The van der Waals surface area contributed by atoms with E-state index in [1.165, 1.54) is 6.07 Å². The molecule has 0 aliphatic rings. The minimum atomic E-state index is -0.436. The molecule has 0 aliphatic carbocycles. The number of benzene rings is 2. The van der Waals surface area contributed by atoms with Gasteiger partial charge in [0.25, 0.3) is 0 Å². The smallest absolute Gasteiger partial charge is 0.161 e. The summed E-state index contributed by atoms with van der Waals surface area (Å²) >= 11 is 9.25. The van der Waals surface area contributed by atoms with Crippen LogP contribution in [-0.4, -0.2) is 14.2 Å². The van der Waals surface area contributed by atoms with Gasteiger partial charge in [-0.2, -0.15) is 0 Å². The van der Waals surface area contributed by atoms with E-state index in [0.29, 0.717) is 11.5 Å². The highest BCUT2D eigenvalue weighted by atomic mass is 79.9. The lowest BCUT2D eigenvalue weighted by Crippen LogP contribution is -1.97. The van der Waals surface area contributed by atoms with Crippen molar-refractivity contribution in [1.29, 1.82) is 0 Å². The van der Waals surface area contributed by atoms with Crippen LogP contribution in [0.3, 0.4) is 0 Å². The SMILES string of the molecule is COc1ccc(C(Br)c2ccc(Cl)c(F)c2)cc1OC. The Morgan fingerprint density at radius 1 is 1.00 bits per heavy atom. The van der Waals surface area contributed by atoms with Gasteiger partial charge in [-0.1, -0.05) is 39.7 Å². The number of hydrogen-bond acceptors (Lipinski definition) is 2. The van der Waals surface area contributed by atoms with Gasteiger partial charge >= 0.3 is 0 Å². The van der Waals surface area contributed by atoms with Crippen LogP contribution in [0, 0.1) is 5.82 Å². The van der Waals surface area contributed by atoms with Gasteiger partial charge in [-0.3, -0.25) is 0 Å². The van der Waals surface area contributed by atoms with Crippen molar-refractivity contribution in [3.63, 3.8) is 0 Å². The van der Waals surface area contributed by atoms with E-state index >= 15 is 0 Å². The number of hydrogen-bond donors (Lipinski definition) is 0. The number of halogens is 3. The highest BCUT2D eigenvalue weighted by molar-refractivity contribution is 9.09. The van der Waals surface area contributed by atoms with E-state index in [0.717, 1.165) is 11.1 Å². The van der Waals surface area contributed by atoms with Crippen LogP contribution in [0.25, 0.3) is 0 Å². The Labute approximate surface area is 130 Å². The van der Waals surface area contributed by atoms with Crippen molar-refractivity contribution in [2.24, 2.45) is 0 Å². The summed E-state index contributed by atoms with van der Waals surface area (Å²) in [6, 6.07) is 10.3. The highest BCUT2D eigenvalue weighted by Gasteiger charge is 2.15. The van der Waals surface area contributed by atoms with Crippen LogP contribution in [0.15, 0.2) is 36.4 Å². The number of alkyl halides is 1. The molecule has 0 amide bonds. The second kappa shape index (κ2) is 6.46. The normalized spacial score (nSPS) is 12.1. The van der Waals surface area contributed by atoms with Crippen molar-refractivity contribution < 1.29 is 13.9 Å². The fraction of sp³-hybridized carbons (Fsp3) is 0.200. The topological polar surface area (TPSA) is 18.5 Å². The Morgan fingerprint density at radius 2 is 1.60 bits per heavy atom. The first-order valence-electron chi connectivity index (χ1n) is 5.87. The molecule has 5 heteroatoms. The summed E-state index contributed by atoms with van der Waals surface area (Å²) in [5.74, 6) is 0.844. The first-order chi connectivity index (χ1) is 9.56. The van der Waals surface area contributed by atoms with Gasteiger partial charge in [0, 0.05) is 0 Å². The van der Waals surface area contributed by atoms with E-state index in [1.807, 2.05) is 18.2 Å². The largest absolute Gasteiger partial charge is 0.493 e. The summed E-state index contributed by atoms with van der Waals surface area (Å²) in [4.78, 5) is -0.158. The van der Waals surface area contributed by atoms with Gasteiger partial charge in [0.1, 0.15) is 5.82 Å². The summed E-state index contributed by atoms with van der Waals surface area (Å²) in [5, 5.41) is 0.112. The molecule has 2 aromatic rings. The van der Waals surface area contributed by atoms with Crippen LogP contribution >= 0.6 is 27.5 Å². The van der Waals surface area contributed by atoms with Gasteiger partial charge in [-0.25, -0.2) is 4.39 Å². The molecule has 20 heavy (non-hydrogen) atoms. The fourth-order valence-corrected chi connectivity index (χ4v) is 2.56. The Bertz CT molecular complexity index is 619. The van der Waals surface area contributed by atoms with Crippen molar-refractivity contribution in [2.45, 2.75) is 4.83 Å². The molecule has 2 rings (SSSR count). The number of ether oxygens (including phenoxy) is 2. The summed E-state index contributed by atoms with van der Waals surface area (Å²) in [6.07, 6.45) is 0. The molecule has 0 bridgehead atoms. The zero-order valence-electron chi connectivity index (χ0n) is 11.0. The molecule has 0 fully saturated rings. The van der Waals surface area contributed by atoms with Crippen molar-refractivity contribution in [3.8, 4) is 11.5 Å². The Kier molecular flexibility index (Phi) is 4.89. The molecule has 2 aromatic carbocycles. The average molecular weight is 360 g/mol.